The van der Waals surface area contributed by atoms with Crippen LogP contribution in [0.2, 0.25) is 0 Å². The van der Waals surface area contributed by atoms with E-state index < -0.39 is 16.1 Å². The number of methoxy groups -OCH3 is 1. The first-order chi connectivity index (χ1) is 16.9. The molecule has 8 nitrogen and oxygen atoms in total. The molecule has 10 heteroatoms. The van der Waals surface area contributed by atoms with Gasteiger partial charge in [-0.15, -0.1) is 0 Å². The van der Waals surface area contributed by atoms with Crippen molar-refractivity contribution in [3.63, 3.8) is 0 Å². The van der Waals surface area contributed by atoms with Crippen molar-refractivity contribution in [3.05, 3.63) is 103 Å². The Balaban J connectivity index is 1.50. The van der Waals surface area contributed by atoms with Crippen LogP contribution >= 0.6 is 27.7 Å². The first-order valence-electron chi connectivity index (χ1n) is 10.4. The van der Waals surface area contributed by atoms with Gasteiger partial charge < -0.3 is 9.47 Å². The lowest BCUT2D eigenvalue weighted by Gasteiger charge is -2.13. The maximum atomic E-state index is 12.9. The van der Waals surface area contributed by atoms with Gasteiger partial charge in [0.05, 0.1) is 23.5 Å². The second kappa shape index (κ2) is 10.7. The Morgan fingerprint density at radius 3 is 2.51 bits per heavy atom. The van der Waals surface area contributed by atoms with Crippen molar-refractivity contribution in [2.75, 3.05) is 7.11 Å². The average molecular weight is 555 g/mol. The summed E-state index contributed by atoms with van der Waals surface area (Å²) >= 11 is 4.19. The molecule has 0 saturated carbocycles. The molecule has 0 unspecified atom stereocenters. The van der Waals surface area contributed by atoms with Gasteiger partial charge in [-0.25, -0.2) is 0 Å². The third-order valence-corrected chi connectivity index (χ3v) is 6.62. The molecule has 1 aliphatic rings. The zero-order chi connectivity index (χ0) is 24.9. The Morgan fingerprint density at radius 1 is 1.06 bits per heavy atom. The SMILES string of the molecule is COc1cc(/C=C2\SC(=O)N(Cc3ccccc3[N+](=O)[O-])C2=O)ccc1OCc1ccc(Br)cc1. The number of carbonyl (C=O) groups is 2. The number of ether oxygens (including phenoxy) is 2. The monoisotopic (exact) mass is 554 g/mol. The summed E-state index contributed by atoms with van der Waals surface area (Å²) in [6.07, 6.45) is 1.59. The van der Waals surface area contributed by atoms with Gasteiger partial charge in [-0.2, -0.15) is 0 Å². The number of imide groups is 1. The number of hydrogen-bond donors (Lipinski definition) is 0. The van der Waals surface area contributed by atoms with E-state index in [1.165, 1.54) is 25.3 Å². The van der Waals surface area contributed by atoms with E-state index in [-0.39, 0.29) is 22.7 Å². The Kier molecular flexibility index (Phi) is 7.52. The molecule has 178 valence electrons. The first-order valence-corrected chi connectivity index (χ1v) is 12.0. The molecule has 0 bridgehead atoms. The number of amides is 2. The fraction of sp³-hybridized carbons (Fsp3) is 0.120. The third-order valence-electron chi connectivity index (χ3n) is 5.18. The van der Waals surface area contributed by atoms with Gasteiger partial charge in [-0.05, 0) is 53.2 Å². The Hall–Kier alpha value is -3.63. The summed E-state index contributed by atoms with van der Waals surface area (Å²) in [5.41, 5.74) is 1.79. The molecule has 1 aliphatic heterocycles. The molecule has 0 aromatic heterocycles. The summed E-state index contributed by atoms with van der Waals surface area (Å²) < 4.78 is 12.3. The molecular formula is C25H19BrN2O6S. The summed E-state index contributed by atoms with van der Waals surface area (Å²) in [5.74, 6) is 0.514. The van der Waals surface area contributed by atoms with Crippen LogP contribution in [0.4, 0.5) is 10.5 Å². The predicted octanol–water partition coefficient (Wildman–Crippen LogP) is 6.18. The predicted molar refractivity (Wildman–Crippen MR) is 136 cm³/mol. The fourth-order valence-corrected chi connectivity index (χ4v) is 4.52. The van der Waals surface area contributed by atoms with E-state index in [4.69, 9.17) is 9.47 Å². The lowest BCUT2D eigenvalue weighted by molar-refractivity contribution is -0.385. The van der Waals surface area contributed by atoms with Gasteiger partial charge in [-0.1, -0.05) is 52.3 Å². The van der Waals surface area contributed by atoms with Crippen molar-refractivity contribution >= 4 is 50.6 Å². The Bertz CT molecular complexity index is 1330. The zero-order valence-electron chi connectivity index (χ0n) is 18.5. The quantitative estimate of drug-likeness (QED) is 0.186. The van der Waals surface area contributed by atoms with E-state index in [0.717, 1.165) is 26.7 Å². The Morgan fingerprint density at radius 2 is 1.80 bits per heavy atom. The second-order valence-electron chi connectivity index (χ2n) is 7.48. The van der Waals surface area contributed by atoms with Gasteiger partial charge in [0.2, 0.25) is 0 Å². The van der Waals surface area contributed by atoms with Gasteiger partial charge in [0.15, 0.2) is 11.5 Å². The van der Waals surface area contributed by atoms with E-state index >= 15 is 0 Å². The number of nitrogens with zero attached hydrogens (tertiary/aromatic N) is 2. The molecule has 0 N–H and O–H groups in total. The summed E-state index contributed by atoms with van der Waals surface area (Å²) in [4.78, 5) is 37.4. The number of para-hydroxylation sites is 1. The van der Waals surface area contributed by atoms with Crippen LogP contribution in [0.15, 0.2) is 76.1 Å². The van der Waals surface area contributed by atoms with Crippen LogP contribution in [0, 0.1) is 10.1 Å². The average Bonchev–Trinajstić information content (AvgIpc) is 3.11. The number of hydrogen-bond acceptors (Lipinski definition) is 7. The third kappa shape index (κ3) is 5.72. The maximum Gasteiger partial charge on any atom is 0.293 e. The van der Waals surface area contributed by atoms with Gasteiger partial charge in [0.25, 0.3) is 16.8 Å². The Labute approximate surface area is 213 Å². The van der Waals surface area contributed by atoms with Gasteiger partial charge >= 0.3 is 0 Å². The van der Waals surface area contributed by atoms with Crippen LogP contribution in [0.5, 0.6) is 11.5 Å². The minimum absolute atomic E-state index is 0.140. The second-order valence-corrected chi connectivity index (χ2v) is 9.39. The van der Waals surface area contributed by atoms with Crippen LogP contribution < -0.4 is 9.47 Å². The molecule has 1 saturated heterocycles. The van der Waals surface area contributed by atoms with Crippen LogP contribution in [-0.4, -0.2) is 28.1 Å². The first kappa shape index (κ1) is 24.5. The van der Waals surface area contributed by atoms with E-state index in [2.05, 4.69) is 15.9 Å². The van der Waals surface area contributed by atoms with Crippen molar-refractivity contribution in [2.24, 2.45) is 0 Å². The highest BCUT2D eigenvalue weighted by Gasteiger charge is 2.36. The number of halogens is 1. The normalized spacial score (nSPS) is 14.5. The highest BCUT2D eigenvalue weighted by molar-refractivity contribution is 9.10. The molecule has 0 spiro atoms. The molecule has 1 heterocycles. The van der Waals surface area contributed by atoms with E-state index in [1.807, 2.05) is 24.3 Å². The number of benzene rings is 3. The minimum Gasteiger partial charge on any atom is -0.493 e. The van der Waals surface area contributed by atoms with Gasteiger partial charge in [0, 0.05) is 16.1 Å². The number of nitro groups is 1. The maximum absolute atomic E-state index is 12.9. The highest BCUT2D eigenvalue weighted by atomic mass is 79.9. The molecule has 3 aromatic rings. The van der Waals surface area contributed by atoms with Crippen molar-refractivity contribution in [3.8, 4) is 11.5 Å². The fourth-order valence-electron chi connectivity index (χ4n) is 3.42. The summed E-state index contributed by atoms with van der Waals surface area (Å²) in [7, 11) is 1.52. The van der Waals surface area contributed by atoms with Crippen LogP contribution in [-0.2, 0) is 17.9 Å². The molecule has 0 aliphatic carbocycles. The van der Waals surface area contributed by atoms with Gasteiger partial charge in [-0.3, -0.25) is 24.6 Å². The van der Waals surface area contributed by atoms with E-state index in [1.54, 1.807) is 30.3 Å². The number of rotatable bonds is 8. The molecular weight excluding hydrogens is 536 g/mol. The van der Waals surface area contributed by atoms with Crippen LogP contribution in [0.25, 0.3) is 6.08 Å². The summed E-state index contributed by atoms with van der Waals surface area (Å²) in [6.45, 7) is 0.179. The smallest absolute Gasteiger partial charge is 0.293 e. The molecule has 4 rings (SSSR count). The summed E-state index contributed by atoms with van der Waals surface area (Å²) in [6, 6.07) is 19.0. The van der Waals surface area contributed by atoms with Crippen molar-refractivity contribution in [2.45, 2.75) is 13.2 Å². The van der Waals surface area contributed by atoms with Gasteiger partial charge in [0.1, 0.15) is 6.61 Å². The number of nitro benzene ring substituents is 1. The lowest BCUT2D eigenvalue weighted by atomic mass is 10.1. The topological polar surface area (TPSA) is 99.0 Å². The number of carbonyl (C=O) groups excluding carboxylic acids is 2. The largest absolute Gasteiger partial charge is 0.493 e. The van der Waals surface area contributed by atoms with E-state index in [0.29, 0.717) is 23.7 Å². The lowest BCUT2D eigenvalue weighted by Crippen LogP contribution is -2.27. The molecule has 35 heavy (non-hydrogen) atoms. The van der Waals surface area contributed by atoms with Crippen LogP contribution in [0.3, 0.4) is 0 Å². The number of thioether (sulfide) groups is 1. The molecule has 2 amide bonds. The molecule has 0 atom stereocenters. The standard InChI is InChI=1S/C25H19BrN2O6S/c1-33-22-12-17(8-11-21(22)34-15-16-6-9-19(26)10-7-16)13-23-24(29)27(25(30)35-23)14-18-4-2-3-5-20(18)28(31)32/h2-13H,14-15H2,1H3/b23-13-. The summed E-state index contributed by atoms with van der Waals surface area (Å²) in [5, 5.41) is 10.8. The van der Waals surface area contributed by atoms with Crippen LogP contribution in [0.1, 0.15) is 16.7 Å². The van der Waals surface area contributed by atoms with E-state index in [9.17, 15) is 19.7 Å². The van der Waals surface area contributed by atoms with Crippen molar-refractivity contribution in [1.82, 2.24) is 4.90 Å². The molecule has 0 radical (unpaired) electrons. The van der Waals surface area contributed by atoms with Crippen molar-refractivity contribution < 1.29 is 24.0 Å². The zero-order valence-corrected chi connectivity index (χ0v) is 20.9. The molecule has 3 aromatic carbocycles. The van der Waals surface area contributed by atoms with Crippen molar-refractivity contribution in [1.29, 1.82) is 0 Å². The minimum atomic E-state index is -0.531. The molecule has 1 fully saturated rings. The highest BCUT2D eigenvalue weighted by Crippen LogP contribution is 2.36.